The van der Waals surface area contributed by atoms with Crippen LogP contribution >= 0.6 is 0 Å². The molecule has 0 aromatic carbocycles. The molecular weight excluding hydrogens is 421 g/mol. The van der Waals surface area contributed by atoms with Crippen molar-refractivity contribution in [3.05, 3.63) is 0 Å². The highest BCUT2D eigenvalue weighted by molar-refractivity contribution is 6.78. The van der Waals surface area contributed by atoms with E-state index in [2.05, 4.69) is 74.4 Å². The minimum atomic E-state index is -1.93. The molecule has 28 heavy (non-hydrogen) atoms. The summed E-state index contributed by atoms with van der Waals surface area (Å²) in [4.78, 5) is 25.3. The number of hydroxylamine groups is 1. The second-order valence-electron chi connectivity index (χ2n) is 11.2. The molecule has 7 nitrogen and oxygen atoms in total. The van der Waals surface area contributed by atoms with Crippen LogP contribution < -0.4 is 15.4 Å². The quantitative estimate of drug-likeness (QED) is 0.150. The van der Waals surface area contributed by atoms with Crippen molar-refractivity contribution in [1.29, 1.82) is 0 Å². The maximum Gasteiger partial charge on any atom is 0.309 e. The number of carbonyl (C=O) groups is 1. The number of rotatable bonds is 10. The molecule has 0 aromatic heterocycles. The van der Waals surface area contributed by atoms with E-state index < -0.39 is 33.0 Å². The molecule has 0 saturated heterocycles. The lowest BCUT2D eigenvalue weighted by molar-refractivity contribution is -0.137. The number of guanidine groups is 1. The highest BCUT2D eigenvalue weighted by Crippen LogP contribution is 2.09. The summed E-state index contributed by atoms with van der Waals surface area (Å²) in [6, 6.07) is -0.345. The number of nitrogens with zero attached hydrogens (tertiary/aromatic N) is 1. The summed E-state index contributed by atoms with van der Waals surface area (Å²) >= 11 is 0. The molecule has 0 rings (SSSR count). The lowest BCUT2D eigenvalue weighted by atomic mass is 10.2. The fourth-order valence-corrected chi connectivity index (χ4v) is 5.96. The Labute approximate surface area is 176 Å². The Kier molecular flexibility index (Phi) is 10.3. The third-order valence-corrected chi connectivity index (χ3v) is 6.83. The van der Waals surface area contributed by atoms with Gasteiger partial charge in [-0.3, -0.25) is 14.3 Å². The smallest absolute Gasteiger partial charge is 0.309 e. The third-order valence-electron chi connectivity index (χ3n) is 2.92. The van der Waals surface area contributed by atoms with Crippen molar-refractivity contribution in [2.75, 3.05) is 6.61 Å². The number of hydrogen-bond acceptors (Lipinski definition) is 5. The van der Waals surface area contributed by atoms with Crippen molar-refractivity contribution in [2.24, 2.45) is 4.66 Å². The molecule has 11 heteroatoms. The Hall–Kier alpha value is -0.472. The van der Waals surface area contributed by atoms with Crippen LogP contribution in [0.15, 0.2) is 4.66 Å². The highest BCUT2D eigenvalue weighted by atomic mass is 28.4. The van der Waals surface area contributed by atoms with E-state index in [0.29, 0.717) is 19.0 Å². The van der Waals surface area contributed by atoms with E-state index in [-0.39, 0.29) is 12.0 Å². The molecule has 1 unspecified atom stereocenters. The molecule has 0 spiro atoms. The van der Waals surface area contributed by atoms with Crippen LogP contribution in [0.1, 0.15) is 6.42 Å². The minimum Gasteiger partial charge on any atom is -0.519 e. The summed E-state index contributed by atoms with van der Waals surface area (Å²) in [7, 11) is -6.77. The molecule has 0 amide bonds. The van der Waals surface area contributed by atoms with Crippen LogP contribution in [0.4, 0.5) is 0 Å². The zero-order valence-corrected chi connectivity index (χ0v) is 24.2. The van der Waals surface area contributed by atoms with Gasteiger partial charge in [0.25, 0.3) is 0 Å². The van der Waals surface area contributed by atoms with Gasteiger partial charge in [0.1, 0.15) is 22.5 Å². The summed E-state index contributed by atoms with van der Waals surface area (Å²) in [6.45, 7) is 26.2. The Morgan fingerprint density at radius 2 is 1.43 bits per heavy atom. The Morgan fingerprint density at radius 3 is 1.82 bits per heavy atom. The monoisotopic (exact) mass is 464 g/mol. The van der Waals surface area contributed by atoms with E-state index in [9.17, 15) is 4.79 Å². The van der Waals surface area contributed by atoms with Crippen molar-refractivity contribution in [3.63, 3.8) is 0 Å². The molecule has 0 saturated carbocycles. The fourth-order valence-electron chi connectivity index (χ4n) is 2.21. The van der Waals surface area contributed by atoms with E-state index in [1.54, 1.807) is 0 Å². The summed E-state index contributed by atoms with van der Waals surface area (Å²) < 4.78 is 10.5. The van der Waals surface area contributed by atoms with Gasteiger partial charge in [-0.2, -0.15) is 0 Å². The third kappa shape index (κ3) is 16.5. The predicted octanol–water partition coefficient (Wildman–Crippen LogP) is 3.68. The highest BCUT2D eigenvalue weighted by Gasteiger charge is 2.30. The van der Waals surface area contributed by atoms with Gasteiger partial charge >= 0.3 is 5.97 Å². The van der Waals surface area contributed by atoms with E-state index >= 15 is 0 Å². The van der Waals surface area contributed by atoms with E-state index in [1.165, 1.54) is 0 Å². The largest absolute Gasteiger partial charge is 0.519 e. The summed E-state index contributed by atoms with van der Waals surface area (Å²) in [5.74, 6) is 0.541. The Bertz CT molecular complexity index is 532. The minimum absolute atomic E-state index is 0.165. The van der Waals surface area contributed by atoms with Crippen molar-refractivity contribution in [1.82, 2.24) is 15.4 Å². The molecule has 166 valence electrons. The number of carbonyl (C=O) groups excluding carboxylic acids is 1. The van der Waals surface area contributed by atoms with Crippen LogP contribution in [0.25, 0.3) is 0 Å². The molecule has 0 heterocycles. The van der Waals surface area contributed by atoms with Gasteiger partial charge in [0, 0.05) is 0 Å². The van der Waals surface area contributed by atoms with Crippen LogP contribution in [0, 0.1) is 0 Å². The van der Waals surface area contributed by atoms with Gasteiger partial charge in [-0.15, -0.1) is 0 Å². The maximum atomic E-state index is 12.6. The van der Waals surface area contributed by atoms with Crippen LogP contribution in [0.5, 0.6) is 0 Å². The lowest BCUT2D eigenvalue weighted by Crippen LogP contribution is -2.54. The van der Waals surface area contributed by atoms with E-state index in [0.717, 1.165) is 0 Å². The molecule has 0 radical (unpaired) electrons. The first-order valence-corrected chi connectivity index (χ1v) is 23.9. The van der Waals surface area contributed by atoms with E-state index in [1.807, 2.05) is 19.6 Å². The standard InChI is InChI=1S/C17H44N4O3Si4/c1-25(2,3)19-15(16(22)24-28(10,11)12)13-14-23-18-17(20-26(4,5)6)21-27(7,8)9/h15,19H,13-14H2,1-12H3,(H2,18,20,21). The zero-order valence-electron chi connectivity index (χ0n) is 20.2. The summed E-state index contributed by atoms with van der Waals surface area (Å²) in [5, 5.41) is 0. The van der Waals surface area contributed by atoms with E-state index in [4.69, 9.17) is 13.9 Å². The molecule has 0 aliphatic carbocycles. The molecule has 1 atom stereocenters. The molecule has 0 aromatic rings. The zero-order chi connectivity index (χ0) is 22.4. The molecule has 0 bridgehead atoms. The van der Waals surface area contributed by atoms with Crippen LogP contribution in [0.2, 0.25) is 78.6 Å². The van der Waals surface area contributed by atoms with Gasteiger partial charge in [0.05, 0.1) is 6.61 Å². The number of nitrogens with one attached hydrogen (secondary N) is 3. The second-order valence-corrected chi connectivity index (χ2v) is 29.8. The molecule has 0 fully saturated rings. The molecule has 3 N–H and O–H groups in total. The average Bonchev–Trinajstić information content (AvgIpc) is 2.34. The van der Waals surface area contributed by atoms with Crippen molar-refractivity contribution in [2.45, 2.75) is 91.0 Å². The SMILES string of the molecule is C[Si](C)(C)/N=C(/NOCCC(N[Si](C)(C)C)C(=O)O[Si](C)(C)C)N[Si](C)(C)C. The normalized spacial score (nSPS) is 15.2. The van der Waals surface area contributed by atoms with Gasteiger partial charge < -0.3 is 14.4 Å². The van der Waals surface area contributed by atoms with Gasteiger partial charge in [0.2, 0.25) is 8.32 Å². The van der Waals surface area contributed by atoms with Gasteiger partial charge in [0.15, 0.2) is 14.2 Å². The Balaban J connectivity index is 4.92. The predicted molar refractivity (Wildman–Crippen MR) is 131 cm³/mol. The first-order valence-electron chi connectivity index (χ1n) is 10.0. The topological polar surface area (TPSA) is 84.0 Å². The van der Waals surface area contributed by atoms with Crippen LogP contribution in [-0.4, -0.2) is 57.6 Å². The van der Waals surface area contributed by atoms with Gasteiger partial charge in [-0.1, -0.05) is 39.3 Å². The van der Waals surface area contributed by atoms with Gasteiger partial charge in [-0.25, -0.2) is 5.48 Å². The summed E-state index contributed by atoms with van der Waals surface area (Å²) in [5.41, 5.74) is 2.99. The fraction of sp³-hybridized carbons (Fsp3) is 0.882. The first-order chi connectivity index (χ1) is 12.3. The second kappa shape index (κ2) is 10.5. The van der Waals surface area contributed by atoms with Crippen molar-refractivity contribution >= 4 is 45.0 Å². The van der Waals surface area contributed by atoms with Crippen LogP contribution in [0.3, 0.4) is 0 Å². The van der Waals surface area contributed by atoms with Crippen LogP contribution in [-0.2, 0) is 14.1 Å². The lowest BCUT2D eigenvalue weighted by Gasteiger charge is -2.29. The first kappa shape index (κ1) is 27.5. The maximum absolute atomic E-state index is 12.6. The molecule has 0 aliphatic heterocycles. The Morgan fingerprint density at radius 1 is 0.893 bits per heavy atom. The summed E-state index contributed by atoms with van der Waals surface area (Å²) in [6.07, 6.45) is 0.549. The van der Waals surface area contributed by atoms with Crippen molar-refractivity contribution in [3.8, 4) is 0 Å². The number of hydrogen-bond donors (Lipinski definition) is 3. The van der Waals surface area contributed by atoms with Crippen molar-refractivity contribution < 1.29 is 14.1 Å². The average molecular weight is 465 g/mol. The molecule has 0 aliphatic rings. The molecular formula is C17H44N4O3Si4. The van der Waals surface area contributed by atoms with Gasteiger partial charge in [-0.05, 0) is 45.7 Å².